The number of nitrogens with one attached hydrogen (secondary N) is 1. The van der Waals surface area contributed by atoms with Gasteiger partial charge in [-0.15, -0.1) is 11.3 Å². The van der Waals surface area contributed by atoms with E-state index in [4.69, 9.17) is 0 Å². The molecule has 8 nitrogen and oxygen atoms in total. The summed E-state index contributed by atoms with van der Waals surface area (Å²) >= 11 is 1.60. The van der Waals surface area contributed by atoms with E-state index in [1.807, 2.05) is 30.6 Å². The third kappa shape index (κ3) is 3.38. The quantitative estimate of drug-likeness (QED) is 0.457. The van der Waals surface area contributed by atoms with E-state index in [0.717, 1.165) is 21.1 Å². The van der Waals surface area contributed by atoms with E-state index in [-0.39, 0.29) is 5.82 Å². The minimum atomic E-state index is -0.494. The van der Waals surface area contributed by atoms with Gasteiger partial charge in [0.1, 0.15) is 11.6 Å². The van der Waals surface area contributed by atoms with Gasteiger partial charge in [-0.3, -0.25) is 18.7 Å². The topological polar surface area (TPSA) is 90.0 Å². The van der Waals surface area contributed by atoms with Crippen LogP contribution in [0.5, 0.6) is 0 Å². The van der Waals surface area contributed by atoms with Crippen LogP contribution in [0.3, 0.4) is 0 Å². The molecule has 0 saturated carbocycles. The summed E-state index contributed by atoms with van der Waals surface area (Å²) in [6, 6.07) is 6.10. The number of hydrogen-bond acceptors (Lipinski definition) is 5. The first-order chi connectivity index (χ1) is 14.9. The molecule has 1 N–H and O–H groups in total. The van der Waals surface area contributed by atoms with E-state index in [1.54, 1.807) is 28.0 Å². The Balaban J connectivity index is 1.68. The number of aromatic amines is 1. The molecule has 0 bridgehead atoms. The van der Waals surface area contributed by atoms with Crippen LogP contribution < -0.4 is 11.2 Å². The second kappa shape index (κ2) is 7.31. The molecule has 4 heterocycles. The number of rotatable bonds is 5. The number of fused-ring (bicyclic) bond motifs is 2. The number of benzene rings is 1. The first kappa shape index (κ1) is 19.4. The zero-order valence-electron chi connectivity index (χ0n) is 16.9. The van der Waals surface area contributed by atoms with Crippen LogP contribution in [0.25, 0.3) is 16.1 Å². The van der Waals surface area contributed by atoms with Crippen molar-refractivity contribution in [3.05, 3.63) is 85.3 Å². The SMILES string of the molecule is CCn1c(=O)[nH]c(=O)c2c1nc(Cc1cn3cc(C)sc3n1)n2Cc1ccc(F)cc1. The van der Waals surface area contributed by atoms with E-state index < -0.39 is 11.2 Å². The highest BCUT2D eigenvalue weighted by Gasteiger charge is 2.19. The molecule has 158 valence electrons. The predicted molar refractivity (Wildman–Crippen MR) is 116 cm³/mol. The van der Waals surface area contributed by atoms with Gasteiger partial charge in [-0.05, 0) is 31.5 Å². The van der Waals surface area contributed by atoms with Gasteiger partial charge in [0.05, 0.1) is 5.69 Å². The molecule has 0 saturated heterocycles. The fraction of sp³-hybridized carbons (Fsp3) is 0.238. The van der Waals surface area contributed by atoms with Gasteiger partial charge in [-0.25, -0.2) is 19.2 Å². The van der Waals surface area contributed by atoms with E-state index in [1.165, 1.54) is 16.7 Å². The first-order valence-corrected chi connectivity index (χ1v) is 10.6. The van der Waals surface area contributed by atoms with Gasteiger partial charge in [-0.2, -0.15) is 0 Å². The molecule has 5 rings (SSSR count). The summed E-state index contributed by atoms with van der Waals surface area (Å²) in [6.45, 7) is 4.54. The van der Waals surface area contributed by atoms with Crippen LogP contribution in [-0.2, 0) is 19.5 Å². The monoisotopic (exact) mass is 438 g/mol. The van der Waals surface area contributed by atoms with Gasteiger partial charge < -0.3 is 4.57 Å². The van der Waals surface area contributed by atoms with Gasteiger partial charge in [0.25, 0.3) is 5.56 Å². The van der Waals surface area contributed by atoms with Crippen LogP contribution in [-0.4, -0.2) is 28.5 Å². The maximum atomic E-state index is 13.4. The van der Waals surface area contributed by atoms with Crippen molar-refractivity contribution in [2.75, 3.05) is 0 Å². The van der Waals surface area contributed by atoms with Crippen molar-refractivity contribution in [3.8, 4) is 0 Å². The highest BCUT2D eigenvalue weighted by Crippen LogP contribution is 2.21. The average Bonchev–Trinajstić information content (AvgIpc) is 3.35. The molecule has 0 atom stereocenters. The Morgan fingerprint density at radius 3 is 2.58 bits per heavy atom. The summed E-state index contributed by atoms with van der Waals surface area (Å²) < 4.78 is 18.6. The Morgan fingerprint density at radius 1 is 1.10 bits per heavy atom. The number of hydrogen-bond donors (Lipinski definition) is 1. The Labute approximate surface area is 179 Å². The summed E-state index contributed by atoms with van der Waals surface area (Å²) in [5.74, 6) is 0.283. The zero-order valence-corrected chi connectivity index (χ0v) is 17.7. The predicted octanol–water partition coefficient (Wildman–Crippen LogP) is 2.70. The largest absolute Gasteiger partial charge is 0.330 e. The molecule has 0 amide bonds. The van der Waals surface area contributed by atoms with Gasteiger partial charge in [-0.1, -0.05) is 12.1 Å². The van der Waals surface area contributed by atoms with Crippen molar-refractivity contribution in [2.45, 2.75) is 33.4 Å². The van der Waals surface area contributed by atoms with Gasteiger partial charge >= 0.3 is 5.69 Å². The van der Waals surface area contributed by atoms with Crippen molar-refractivity contribution in [3.63, 3.8) is 0 Å². The standard InChI is InChI=1S/C21H19FN6O2S/c1-3-27-18-17(19(29)25-20(27)30)28(10-13-4-6-14(22)7-5-13)16(24-18)8-15-11-26-9-12(2)31-21(26)23-15/h4-7,9,11H,3,8,10H2,1-2H3,(H,25,29,30). The maximum Gasteiger partial charge on any atom is 0.330 e. The van der Waals surface area contributed by atoms with Gasteiger partial charge in [0, 0.05) is 36.8 Å². The molecular weight excluding hydrogens is 419 g/mol. The highest BCUT2D eigenvalue weighted by atomic mass is 32.1. The number of nitrogens with zero attached hydrogens (tertiary/aromatic N) is 5. The molecule has 0 aliphatic rings. The number of H-pyrrole nitrogens is 1. The number of aryl methyl sites for hydroxylation is 2. The summed E-state index contributed by atoms with van der Waals surface area (Å²) in [4.78, 5) is 38.8. The summed E-state index contributed by atoms with van der Waals surface area (Å²) in [6.07, 6.45) is 4.34. The zero-order chi connectivity index (χ0) is 21.7. The molecule has 10 heteroatoms. The van der Waals surface area contributed by atoms with Crippen molar-refractivity contribution < 1.29 is 4.39 Å². The minimum absolute atomic E-state index is 0.317. The fourth-order valence-electron chi connectivity index (χ4n) is 3.80. The lowest BCUT2D eigenvalue weighted by molar-refractivity contribution is 0.626. The maximum absolute atomic E-state index is 13.4. The van der Waals surface area contributed by atoms with Crippen molar-refractivity contribution in [1.29, 1.82) is 0 Å². The second-order valence-corrected chi connectivity index (χ2v) is 8.57. The molecule has 0 aliphatic heterocycles. The lowest BCUT2D eigenvalue weighted by Crippen LogP contribution is -2.30. The summed E-state index contributed by atoms with van der Waals surface area (Å²) in [5.41, 5.74) is 1.30. The molecule has 5 aromatic rings. The lowest BCUT2D eigenvalue weighted by atomic mass is 10.2. The molecule has 0 radical (unpaired) electrons. The number of aromatic nitrogens is 6. The molecule has 0 fully saturated rings. The van der Waals surface area contributed by atoms with E-state index in [2.05, 4.69) is 15.0 Å². The number of imidazole rings is 2. The van der Waals surface area contributed by atoms with Crippen LogP contribution in [0.4, 0.5) is 4.39 Å². The van der Waals surface area contributed by atoms with Crippen molar-refractivity contribution in [2.24, 2.45) is 0 Å². The molecule has 0 spiro atoms. The number of halogens is 1. The lowest BCUT2D eigenvalue weighted by Gasteiger charge is -2.09. The Hall–Kier alpha value is -3.53. The Kier molecular flexibility index (Phi) is 4.58. The number of thiazole rings is 1. The van der Waals surface area contributed by atoms with Crippen molar-refractivity contribution >= 4 is 27.5 Å². The fourth-order valence-corrected chi connectivity index (χ4v) is 4.62. The molecule has 0 unspecified atom stereocenters. The Morgan fingerprint density at radius 2 is 1.87 bits per heavy atom. The molecule has 31 heavy (non-hydrogen) atoms. The van der Waals surface area contributed by atoms with Crippen LogP contribution in [0, 0.1) is 12.7 Å². The average molecular weight is 438 g/mol. The minimum Gasteiger partial charge on any atom is -0.317 e. The van der Waals surface area contributed by atoms with Crippen LogP contribution in [0.1, 0.15) is 28.9 Å². The van der Waals surface area contributed by atoms with Crippen molar-refractivity contribution in [1.82, 2.24) is 28.5 Å². The highest BCUT2D eigenvalue weighted by molar-refractivity contribution is 7.16. The smallest absolute Gasteiger partial charge is 0.317 e. The normalized spacial score (nSPS) is 11.7. The summed E-state index contributed by atoms with van der Waals surface area (Å²) in [5, 5.41) is 0. The van der Waals surface area contributed by atoms with E-state index in [9.17, 15) is 14.0 Å². The van der Waals surface area contributed by atoms with E-state index >= 15 is 0 Å². The summed E-state index contributed by atoms with van der Waals surface area (Å²) in [7, 11) is 0. The van der Waals surface area contributed by atoms with Gasteiger partial charge in [0.15, 0.2) is 16.1 Å². The van der Waals surface area contributed by atoms with E-state index in [0.29, 0.717) is 36.5 Å². The molecule has 4 aromatic heterocycles. The van der Waals surface area contributed by atoms with Crippen LogP contribution >= 0.6 is 11.3 Å². The first-order valence-electron chi connectivity index (χ1n) is 9.83. The van der Waals surface area contributed by atoms with Gasteiger partial charge in [0.2, 0.25) is 0 Å². The van der Waals surface area contributed by atoms with Crippen LogP contribution in [0.2, 0.25) is 0 Å². The molecular formula is C21H19FN6O2S. The molecule has 0 aliphatic carbocycles. The Bertz CT molecular complexity index is 1510. The molecule has 1 aromatic carbocycles. The third-order valence-electron chi connectivity index (χ3n) is 5.20. The third-order valence-corrected chi connectivity index (χ3v) is 6.11. The van der Waals surface area contributed by atoms with Crippen LogP contribution in [0.15, 0.2) is 46.2 Å². The second-order valence-electron chi connectivity index (χ2n) is 7.36.